The number of aliphatic hydroxyl groups excluding tert-OH is 1. The Labute approximate surface area is 112 Å². The molecule has 2 unspecified atom stereocenters. The molecule has 0 saturated carbocycles. The molecule has 5 nitrogen and oxygen atoms in total. The molecule has 1 aromatic carbocycles. The highest BCUT2D eigenvalue weighted by atomic mass is 16.5. The number of nitrogens with one attached hydrogen (secondary N) is 1. The smallest absolute Gasteiger partial charge is 0.328 e. The van der Waals surface area contributed by atoms with E-state index < -0.39 is 12.2 Å². The summed E-state index contributed by atoms with van der Waals surface area (Å²) in [6, 6.07) is 5.23. The van der Waals surface area contributed by atoms with Crippen LogP contribution >= 0.6 is 0 Å². The van der Waals surface area contributed by atoms with Crippen LogP contribution in [0.2, 0.25) is 0 Å². The summed E-state index contributed by atoms with van der Waals surface area (Å²) in [6.45, 7) is 3.52. The first-order chi connectivity index (χ1) is 8.93. The van der Waals surface area contributed by atoms with Gasteiger partial charge in [0.1, 0.15) is 12.0 Å². The van der Waals surface area contributed by atoms with Crippen LogP contribution in [0.5, 0.6) is 5.75 Å². The van der Waals surface area contributed by atoms with E-state index in [1.807, 2.05) is 13.0 Å². The van der Waals surface area contributed by atoms with E-state index in [9.17, 15) is 9.90 Å². The van der Waals surface area contributed by atoms with E-state index in [0.717, 1.165) is 17.2 Å². The van der Waals surface area contributed by atoms with Gasteiger partial charge in [-0.15, -0.1) is 0 Å². The van der Waals surface area contributed by atoms with E-state index in [4.69, 9.17) is 9.84 Å². The second kappa shape index (κ2) is 6.92. The van der Waals surface area contributed by atoms with E-state index in [-0.39, 0.29) is 6.04 Å². The van der Waals surface area contributed by atoms with Crippen molar-refractivity contribution < 1.29 is 19.7 Å². The van der Waals surface area contributed by atoms with Crippen molar-refractivity contribution in [1.82, 2.24) is 5.32 Å². The van der Waals surface area contributed by atoms with Crippen molar-refractivity contribution in [2.45, 2.75) is 26.1 Å². The van der Waals surface area contributed by atoms with Crippen LogP contribution < -0.4 is 10.1 Å². The number of carboxylic acid groups (broad SMARTS) is 1. The predicted molar refractivity (Wildman–Crippen MR) is 72.9 cm³/mol. The second-order valence-electron chi connectivity index (χ2n) is 4.23. The standard InChI is InChI=1S/C14H19NO4/c1-9(15-10(2)16)13-8-12(19-3)6-4-11(13)5-7-14(17)18/h4-10,15-16H,1-3H3,(H,17,18)/b7-5+. The highest BCUT2D eigenvalue weighted by molar-refractivity contribution is 5.85. The van der Waals surface area contributed by atoms with Gasteiger partial charge in [-0.1, -0.05) is 6.07 Å². The first kappa shape index (κ1) is 15.2. The Bertz CT molecular complexity index is 469. The molecule has 104 valence electrons. The van der Waals surface area contributed by atoms with Crippen molar-refractivity contribution in [1.29, 1.82) is 0 Å². The van der Waals surface area contributed by atoms with Crippen molar-refractivity contribution in [3.63, 3.8) is 0 Å². The Hall–Kier alpha value is -1.85. The minimum atomic E-state index is -1.00. The molecule has 0 aromatic heterocycles. The third-order valence-electron chi connectivity index (χ3n) is 2.66. The molecule has 3 N–H and O–H groups in total. The number of aliphatic hydroxyl groups is 1. The van der Waals surface area contributed by atoms with Gasteiger partial charge in [0, 0.05) is 12.1 Å². The van der Waals surface area contributed by atoms with Gasteiger partial charge in [0.25, 0.3) is 0 Å². The van der Waals surface area contributed by atoms with Gasteiger partial charge in [-0.3, -0.25) is 5.32 Å². The van der Waals surface area contributed by atoms with E-state index in [0.29, 0.717) is 5.75 Å². The lowest BCUT2D eigenvalue weighted by atomic mass is 10.0. The van der Waals surface area contributed by atoms with Crippen molar-refractivity contribution in [2.24, 2.45) is 0 Å². The molecule has 2 atom stereocenters. The number of rotatable bonds is 6. The monoisotopic (exact) mass is 265 g/mol. The van der Waals surface area contributed by atoms with Gasteiger partial charge in [0.2, 0.25) is 0 Å². The SMILES string of the molecule is COc1ccc(/C=C/C(=O)O)c(C(C)NC(C)O)c1. The number of hydrogen-bond acceptors (Lipinski definition) is 4. The van der Waals surface area contributed by atoms with Gasteiger partial charge < -0.3 is 14.9 Å². The molecule has 0 fully saturated rings. The van der Waals surface area contributed by atoms with Gasteiger partial charge in [0.15, 0.2) is 0 Å². The second-order valence-corrected chi connectivity index (χ2v) is 4.23. The molecule has 0 aliphatic heterocycles. The minimum Gasteiger partial charge on any atom is -0.497 e. The molecular weight excluding hydrogens is 246 g/mol. The number of aliphatic carboxylic acids is 1. The molecule has 0 amide bonds. The summed E-state index contributed by atoms with van der Waals surface area (Å²) < 4.78 is 5.16. The number of carbonyl (C=O) groups is 1. The highest BCUT2D eigenvalue weighted by Crippen LogP contribution is 2.25. The lowest BCUT2D eigenvalue weighted by Crippen LogP contribution is -2.28. The summed E-state index contributed by atoms with van der Waals surface area (Å²) in [4.78, 5) is 10.6. The van der Waals surface area contributed by atoms with Crippen LogP contribution in [0.25, 0.3) is 6.08 Å². The number of ether oxygens (including phenoxy) is 1. The summed E-state index contributed by atoms with van der Waals surface area (Å²) in [5, 5.41) is 21.0. The molecule has 0 bridgehead atoms. The van der Waals surface area contributed by atoms with Crippen molar-refractivity contribution in [3.05, 3.63) is 35.4 Å². The minimum absolute atomic E-state index is 0.136. The molecule has 0 spiro atoms. The van der Waals surface area contributed by atoms with Crippen LogP contribution in [0.15, 0.2) is 24.3 Å². The maximum absolute atomic E-state index is 10.6. The van der Waals surface area contributed by atoms with E-state index >= 15 is 0 Å². The average Bonchev–Trinajstić information content (AvgIpc) is 2.35. The Morgan fingerprint density at radius 1 is 1.42 bits per heavy atom. The normalized spacial score (nSPS) is 14.3. The van der Waals surface area contributed by atoms with Gasteiger partial charge in [-0.05, 0) is 43.2 Å². The van der Waals surface area contributed by atoms with Gasteiger partial charge in [0.05, 0.1) is 7.11 Å². The summed E-state index contributed by atoms with van der Waals surface area (Å²) >= 11 is 0. The zero-order valence-corrected chi connectivity index (χ0v) is 11.3. The fraction of sp³-hybridized carbons (Fsp3) is 0.357. The molecule has 19 heavy (non-hydrogen) atoms. The zero-order chi connectivity index (χ0) is 14.4. The maximum Gasteiger partial charge on any atom is 0.328 e. The molecule has 0 radical (unpaired) electrons. The van der Waals surface area contributed by atoms with Crippen LogP contribution in [-0.4, -0.2) is 29.5 Å². The average molecular weight is 265 g/mol. The molecule has 1 rings (SSSR count). The fourth-order valence-corrected chi connectivity index (χ4v) is 1.82. The van der Waals surface area contributed by atoms with Crippen LogP contribution in [0.3, 0.4) is 0 Å². The highest BCUT2D eigenvalue weighted by Gasteiger charge is 2.12. The van der Waals surface area contributed by atoms with Crippen LogP contribution in [0.4, 0.5) is 0 Å². The zero-order valence-electron chi connectivity index (χ0n) is 11.3. The summed E-state index contributed by atoms with van der Waals surface area (Å²) in [7, 11) is 1.57. The lowest BCUT2D eigenvalue weighted by molar-refractivity contribution is -0.131. The molecular formula is C14H19NO4. The first-order valence-corrected chi connectivity index (χ1v) is 5.97. The topological polar surface area (TPSA) is 78.8 Å². The number of methoxy groups -OCH3 is 1. The Kier molecular flexibility index (Phi) is 5.54. The number of carboxylic acids is 1. The van der Waals surface area contributed by atoms with Crippen molar-refractivity contribution >= 4 is 12.0 Å². The lowest BCUT2D eigenvalue weighted by Gasteiger charge is -2.19. The first-order valence-electron chi connectivity index (χ1n) is 5.97. The van der Waals surface area contributed by atoms with E-state index in [2.05, 4.69) is 5.32 Å². The Morgan fingerprint density at radius 2 is 2.11 bits per heavy atom. The molecule has 0 saturated heterocycles. The molecule has 0 heterocycles. The maximum atomic E-state index is 10.6. The summed E-state index contributed by atoms with van der Waals surface area (Å²) in [6.07, 6.45) is 1.95. The third-order valence-corrected chi connectivity index (χ3v) is 2.66. The molecule has 5 heteroatoms. The van der Waals surface area contributed by atoms with Gasteiger partial charge >= 0.3 is 5.97 Å². The molecule has 1 aromatic rings. The van der Waals surface area contributed by atoms with Crippen LogP contribution in [-0.2, 0) is 4.79 Å². The van der Waals surface area contributed by atoms with Crippen LogP contribution in [0.1, 0.15) is 31.0 Å². The largest absolute Gasteiger partial charge is 0.497 e. The molecule has 0 aliphatic rings. The van der Waals surface area contributed by atoms with E-state index in [1.54, 1.807) is 26.2 Å². The quantitative estimate of drug-likeness (QED) is 0.540. The Balaban J connectivity index is 3.11. The van der Waals surface area contributed by atoms with E-state index in [1.165, 1.54) is 6.08 Å². The van der Waals surface area contributed by atoms with Crippen molar-refractivity contribution in [2.75, 3.05) is 7.11 Å². The van der Waals surface area contributed by atoms with Gasteiger partial charge in [-0.2, -0.15) is 0 Å². The summed E-state index contributed by atoms with van der Waals surface area (Å²) in [5.41, 5.74) is 1.63. The molecule has 0 aliphatic carbocycles. The Morgan fingerprint density at radius 3 is 2.63 bits per heavy atom. The van der Waals surface area contributed by atoms with Crippen molar-refractivity contribution in [3.8, 4) is 5.75 Å². The van der Waals surface area contributed by atoms with Crippen LogP contribution in [0, 0.1) is 0 Å². The van der Waals surface area contributed by atoms with Gasteiger partial charge in [-0.25, -0.2) is 4.79 Å². The number of benzene rings is 1. The number of hydrogen-bond donors (Lipinski definition) is 3. The fourth-order valence-electron chi connectivity index (χ4n) is 1.82. The predicted octanol–water partition coefficient (Wildman–Crippen LogP) is 1.78. The summed E-state index contributed by atoms with van der Waals surface area (Å²) in [5.74, 6) is -0.320. The third kappa shape index (κ3) is 4.73.